The number of carbonyl (C=O) groups excluding carboxylic acids is 1. The SMILES string of the molecule is CN(C)C(=O)Nc1cccc(C2CCN(CCCN)CC2)c1. The van der Waals surface area contributed by atoms with Crippen molar-refractivity contribution in [3.63, 3.8) is 0 Å². The van der Waals surface area contributed by atoms with E-state index in [0.717, 1.165) is 38.3 Å². The number of piperidine rings is 1. The first-order chi connectivity index (χ1) is 10.6. The van der Waals surface area contributed by atoms with Gasteiger partial charge in [0.2, 0.25) is 0 Å². The van der Waals surface area contributed by atoms with Crippen LogP contribution in [0.1, 0.15) is 30.7 Å². The number of nitrogens with two attached hydrogens (primary N) is 1. The Morgan fingerprint density at radius 1 is 1.36 bits per heavy atom. The van der Waals surface area contributed by atoms with Crippen molar-refractivity contribution >= 4 is 11.7 Å². The van der Waals surface area contributed by atoms with Gasteiger partial charge in [-0.25, -0.2) is 4.79 Å². The molecule has 5 nitrogen and oxygen atoms in total. The standard InChI is InChI=1S/C17H28N4O/c1-20(2)17(22)19-16-6-3-5-15(13-16)14-7-11-21(12-8-14)10-4-9-18/h3,5-6,13-14H,4,7-12,18H2,1-2H3,(H,19,22). The molecule has 1 aromatic rings. The number of carbonyl (C=O) groups is 1. The van der Waals surface area contributed by atoms with E-state index in [1.165, 1.54) is 18.4 Å². The number of anilines is 1. The average Bonchev–Trinajstić information content (AvgIpc) is 2.53. The normalized spacial score (nSPS) is 16.5. The van der Waals surface area contributed by atoms with E-state index in [4.69, 9.17) is 5.73 Å². The number of nitrogens with one attached hydrogen (secondary N) is 1. The average molecular weight is 304 g/mol. The lowest BCUT2D eigenvalue weighted by atomic mass is 9.89. The van der Waals surface area contributed by atoms with Crippen LogP contribution < -0.4 is 11.1 Å². The summed E-state index contributed by atoms with van der Waals surface area (Å²) in [6, 6.07) is 8.17. The zero-order valence-electron chi connectivity index (χ0n) is 13.7. The van der Waals surface area contributed by atoms with Crippen LogP contribution in [0.5, 0.6) is 0 Å². The third-order valence-electron chi connectivity index (χ3n) is 4.28. The molecule has 1 aliphatic rings. The van der Waals surface area contributed by atoms with Crippen LogP contribution >= 0.6 is 0 Å². The quantitative estimate of drug-likeness (QED) is 0.877. The van der Waals surface area contributed by atoms with Gasteiger partial charge in [-0.05, 0) is 69.1 Å². The van der Waals surface area contributed by atoms with E-state index >= 15 is 0 Å². The number of benzene rings is 1. The summed E-state index contributed by atoms with van der Waals surface area (Å²) in [4.78, 5) is 15.8. The van der Waals surface area contributed by atoms with E-state index in [-0.39, 0.29) is 6.03 Å². The Labute approximate surface area is 133 Å². The highest BCUT2D eigenvalue weighted by molar-refractivity contribution is 5.88. The lowest BCUT2D eigenvalue weighted by Crippen LogP contribution is -2.34. The molecule has 2 rings (SSSR count). The number of urea groups is 1. The Hall–Kier alpha value is -1.59. The Balaban J connectivity index is 1.92. The van der Waals surface area contributed by atoms with Gasteiger partial charge in [0.1, 0.15) is 0 Å². The fourth-order valence-electron chi connectivity index (χ4n) is 2.91. The van der Waals surface area contributed by atoms with Crippen molar-refractivity contribution in [3.8, 4) is 0 Å². The van der Waals surface area contributed by atoms with E-state index in [2.05, 4.69) is 22.3 Å². The van der Waals surface area contributed by atoms with Crippen LogP contribution in [0, 0.1) is 0 Å². The van der Waals surface area contributed by atoms with E-state index < -0.39 is 0 Å². The molecule has 5 heteroatoms. The first kappa shape index (κ1) is 16.8. The maximum Gasteiger partial charge on any atom is 0.321 e. The highest BCUT2D eigenvalue weighted by Gasteiger charge is 2.20. The van der Waals surface area contributed by atoms with Crippen LogP contribution in [0.25, 0.3) is 0 Å². The first-order valence-electron chi connectivity index (χ1n) is 8.11. The summed E-state index contributed by atoms with van der Waals surface area (Å²) in [5, 5.41) is 2.92. The number of likely N-dealkylation sites (tertiary alicyclic amines) is 1. The van der Waals surface area contributed by atoms with Crippen molar-refractivity contribution in [2.75, 3.05) is 45.6 Å². The van der Waals surface area contributed by atoms with Crippen molar-refractivity contribution < 1.29 is 4.79 Å². The van der Waals surface area contributed by atoms with Gasteiger partial charge in [0.05, 0.1) is 0 Å². The van der Waals surface area contributed by atoms with Crippen LogP contribution in [0.3, 0.4) is 0 Å². The highest BCUT2D eigenvalue weighted by Crippen LogP contribution is 2.29. The van der Waals surface area contributed by atoms with Crippen LogP contribution in [0.4, 0.5) is 10.5 Å². The molecule has 0 unspecified atom stereocenters. The Kier molecular flexibility index (Phi) is 6.21. The largest absolute Gasteiger partial charge is 0.331 e. The maximum absolute atomic E-state index is 11.7. The molecule has 0 radical (unpaired) electrons. The summed E-state index contributed by atoms with van der Waals surface area (Å²) < 4.78 is 0. The Bertz CT molecular complexity index is 481. The lowest BCUT2D eigenvalue weighted by molar-refractivity contribution is 0.211. The van der Waals surface area contributed by atoms with E-state index in [0.29, 0.717) is 5.92 Å². The van der Waals surface area contributed by atoms with Crippen molar-refractivity contribution in [1.29, 1.82) is 0 Å². The van der Waals surface area contributed by atoms with Gasteiger partial charge in [-0.3, -0.25) is 0 Å². The minimum atomic E-state index is -0.0891. The summed E-state index contributed by atoms with van der Waals surface area (Å²) in [6.45, 7) is 4.16. The highest BCUT2D eigenvalue weighted by atomic mass is 16.2. The van der Waals surface area contributed by atoms with E-state index in [1.54, 1.807) is 19.0 Å². The molecule has 1 heterocycles. The second-order valence-electron chi connectivity index (χ2n) is 6.21. The summed E-state index contributed by atoms with van der Waals surface area (Å²) in [6.07, 6.45) is 3.43. The third kappa shape index (κ3) is 4.71. The molecular weight excluding hydrogens is 276 g/mol. The third-order valence-corrected chi connectivity index (χ3v) is 4.28. The van der Waals surface area contributed by atoms with Gasteiger partial charge in [-0.1, -0.05) is 12.1 Å². The molecule has 0 aliphatic carbocycles. The van der Waals surface area contributed by atoms with Crippen molar-refractivity contribution in [2.24, 2.45) is 5.73 Å². The first-order valence-corrected chi connectivity index (χ1v) is 8.11. The van der Waals surface area contributed by atoms with E-state index in [9.17, 15) is 4.79 Å². The fourth-order valence-corrected chi connectivity index (χ4v) is 2.91. The monoisotopic (exact) mass is 304 g/mol. The van der Waals surface area contributed by atoms with Crippen molar-refractivity contribution in [2.45, 2.75) is 25.2 Å². The van der Waals surface area contributed by atoms with Gasteiger partial charge in [0.15, 0.2) is 0 Å². The zero-order chi connectivity index (χ0) is 15.9. The molecule has 1 aromatic carbocycles. The van der Waals surface area contributed by atoms with Crippen LogP contribution in [-0.4, -0.2) is 56.1 Å². The number of amides is 2. The molecule has 0 aromatic heterocycles. The predicted octanol–water partition coefficient (Wildman–Crippen LogP) is 2.31. The van der Waals surface area contributed by atoms with Gasteiger partial charge in [0.25, 0.3) is 0 Å². The van der Waals surface area contributed by atoms with Gasteiger partial charge >= 0.3 is 6.03 Å². The molecule has 2 amide bonds. The number of hydrogen-bond acceptors (Lipinski definition) is 3. The zero-order valence-corrected chi connectivity index (χ0v) is 13.7. The molecule has 0 atom stereocenters. The molecule has 122 valence electrons. The number of rotatable bonds is 5. The predicted molar refractivity (Wildman–Crippen MR) is 91.2 cm³/mol. The lowest BCUT2D eigenvalue weighted by Gasteiger charge is -2.32. The van der Waals surface area contributed by atoms with Crippen molar-refractivity contribution in [1.82, 2.24) is 9.80 Å². The van der Waals surface area contributed by atoms with Crippen LogP contribution in [-0.2, 0) is 0 Å². The topological polar surface area (TPSA) is 61.6 Å². The van der Waals surface area contributed by atoms with E-state index in [1.807, 2.05) is 12.1 Å². The van der Waals surface area contributed by atoms with Gasteiger partial charge in [-0.2, -0.15) is 0 Å². The summed E-state index contributed by atoms with van der Waals surface area (Å²) in [5.74, 6) is 0.588. The fraction of sp³-hybridized carbons (Fsp3) is 0.588. The number of nitrogens with zero attached hydrogens (tertiary/aromatic N) is 2. The Morgan fingerprint density at radius 3 is 2.73 bits per heavy atom. The molecule has 1 saturated heterocycles. The molecular formula is C17H28N4O. The molecule has 0 saturated carbocycles. The molecule has 1 fully saturated rings. The van der Waals surface area contributed by atoms with Crippen LogP contribution in [0.15, 0.2) is 24.3 Å². The van der Waals surface area contributed by atoms with Gasteiger partial charge in [-0.15, -0.1) is 0 Å². The molecule has 3 N–H and O–H groups in total. The molecule has 22 heavy (non-hydrogen) atoms. The minimum Gasteiger partial charge on any atom is -0.331 e. The number of hydrogen-bond donors (Lipinski definition) is 2. The minimum absolute atomic E-state index is 0.0891. The van der Waals surface area contributed by atoms with Crippen molar-refractivity contribution in [3.05, 3.63) is 29.8 Å². The molecule has 1 aliphatic heterocycles. The second kappa shape index (κ2) is 8.15. The summed E-state index contributed by atoms with van der Waals surface area (Å²) >= 11 is 0. The maximum atomic E-state index is 11.7. The second-order valence-corrected chi connectivity index (χ2v) is 6.21. The Morgan fingerprint density at radius 2 is 2.09 bits per heavy atom. The summed E-state index contributed by atoms with van der Waals surface area (Å²) in [5.41, 5.74) is 7.78. The molecule has 0 bridgehead atoms. The molecule has 0 spiro atoms. The van der Waals surface area contributed by atoms with Crippen LogP contribution in [0.2, 0.25) is 0 Å². The van der Waals surface area contributed by atoms with Gasteiger partial charge < -0.3 is 20.9 Å². The smallest absolute Gasteiger partial charge is 0.321 e. The van der Waals surface area contributed by atoms with Gasteiger partial charge in [0, 0.05) is 19.8 Å². The summed E-state index contributed by atoms with van der Waals surface area (Å²) in [7, 11) is 3.49.